The first-order valence-electron chi connectivity index (χ1n) is 6.80. The van der Waals surface area contributed by atoms with Crippen molar-refractivity contribution in [3.63, 3.8) is 0 Å². The van der Waals surface area contributed by atoms with Crippen LogP contribution in [0.2, 0.25) is 0 Å². The van der Waals surface area contributed by atoms with Gasteiger partial charge in [-0.25, -0.2) is 4.98 Å². The van der Waals surface area contributed by atoms with E-state index in [-0.39, 0.29) is 11.4 Å². The van der Waals surface area contributed by atoms with E-state index in [0.717, 1.165) is 43.4 Å². The zero-order chi connectivity index (χ0) is 14.4. The van der Waals surface area contributed by atoms with Crippen molar-refractivity contribution < 1.29 is 17.9 Å². The summed E-state index contributed by atoms with van der Waals surface area (Å²) in [6.45, 7) is 0.247. The van der Waals surface area contributed by atoms with Gasteiger partial charge in [0.05, 0.1) is 4.88 Å². The van der Waals surface area contributed by atoms with Gasteiger partial charge in [-0.05, 0) is 32.1 Å². The molecule has 0 aliphatic heterocycles. The van der Waals surface area contributed by atoms with E-state index in [1.165, 1.54) is 0 Å². The Morgan fingerprint density at radius 1 is 1.40 bits per heavy atom. The average Bonchev–Trinajstić information content (AvgIpc) is 3.04. The van der Waals surface area contributed by atoms with Crippen LogP contribution in [0, 0.1) is 0 Å². The van der Waals surface area contributed by atoms with Gasteiger partial charge in [-0.15, -0.1) is 11.3 Å². The number of hydrogen-bond acceptors (Lipinski definition) is 4. The summed E-state index contributed by atoms with van der Waals surface area (Å²) in [4.78, 5) is 4.15. The van der Waals surface area contributed by atoms with E-state index in [1.54, 1.807) is 7.11 Å². The maximum Gasteiger partial charge on any atom is 0.434 e. The first kappa shape index (κ1) is 14.3. The molecule has 0 spiro atoms. The zero-order valence-electron chi connectivity index (χ0n) is 11.2. The Balaban J connectivity index is 1.87. The van der Waals surface area contributed by atoms with Crippen molar-refractivity contribution in [2.24, 2.45) is 0 Å². The van der Waals surface area contributed by atoms with Crippen LogP contribution in [0.1, 0.15) is 47.7 Å². The monoisotopic (exact) mass is 306 g/mol. The first-order chi connectivity index (χ1) is 9.44. The predicted molar refractivity (Wildman–Crippen MR) is 69.5 cm³/mol. The second-order valence-electron chi connectivity index (χ2n) is 5.50. The zero-order valence-corrected chi connectivity index (χ0v) is 12.0. The van der Waals surface area contributed by atoms with E-state index >= 15 is 0 Å². The molecular weight excluding hydrogens is 289 g/mol. The van der Waals surface area contributed by atoms with Gasteiger partial charge in [-0.2, -0.15) is 13.2 Å². The SMILES string of the molecule is COC1(c2nc(C(F)(F)F)c(CNC3CC3)s2)CCC1. The lowest BCUT2D eigenvalue weighted by molar-refractivity contribution is -0.142. The number of halogens is 3. The van der Waals surface area contributed by atoms with Gasteiger partial charge in [0.25, 0.3) is 0 Å². The number of methoxy groups -OCH3 is 1. The van der Waals surface area contributed by atoms with Crippen LogP contribution in [0.4, 0.5) is 13.2 Å². The first-order valence-corrected chi connectivity index (χ1v) is 7.62. The number of nitrogens with zero attached hydrogens (tertiary/aromatic N) is 1. The molecule has 0 aromatic carbocycles. The summed E-state index contributed by atoms with van der Waals surface area (Å²) in [5.41, 5.74) is -1.32. The third-order valence-corrected chi connectivity index (χ3v) is 5.28. The second kappa shape index (κ2) is 4.96. The smallest absolute Gasteiger partial charge is 0.371 e. The van der Waals surface area contributed by atoms with Gasteiger partial charge in [0.15, 0.2) is 5.69 Å². The number of hydrogen-bond donors (Lipinski definition) is 1. The highest BCUT2D eigenvalue weighted by atomic mass is 32.1. The van der Waals surface area contributed by atoms with E-state index in [4.69, 9.17) is 4.74 Å². The summed E-state index contributed by atoms with van der Waals surface area (Å²) < 4.78 is 44.7. The fraction of sp³-hybridized carbons (Fsp3) is 0.769. The molecule has 7 heteroatoms. The van der Waals surface area contributed by atoms with Crippen LogP contribution in [0.25, 0.3) is 0 Å². The van der Waals surface area contributed by atoms with E-state index in [2.05, 4.69) is 10.3 Å². The van der Waals surface area contributed by atoms with Crippen molar-refractivity contribution in [1.82, 2.24) is 10.3 Å². The van der Waals surface area contributed by atoms with Gasteiger partial charge in [0.1, 0.15) is 10.6 Å². The Kier molecular flexibility index (Phi) is 3.54. The Labute approximate surface area is 119 Å². The molecule has 2 aliphatic carbocycles. The summed E-state index contributed by atoms with van der Waals surface area (Å²) in [5, 5.41) is 3.61. The van der Waals surface area contributed by atoms with Crippen LogP contribution in [0.3, 0.4) is 0 Å². The van der Waals surface area contributed by atoms with E-state index in [0.29, 0.717) is 11.0 Å². The molecule has 2 saturated carbocycles. The summed E-state index contributed by atoms with van der Waals surface area (Å²) >= 11 is 1.14. The number of ether oxygens (including phenoxy) is 1. The topological polar surface area (TPSA) is 34.1 Å². The molecule has 1 aromatic heterocycles. The Bertz CT molecular complexity index is 487. The third kappa shape index (κ3) is 2.58. The van der Waals surface area contributed by atoms with E-state index in [9.17, 15) is 13.2 Å². The molecule has 3 rings (SSSR count). The van der Waals surface area contributed by atoms with Crippen LogP contribution in [-0.2, 0) is 23.1 Å². The largest absolute Gasteiger partial charge is 0.434 e. The molecule has 0 bridgehead atoms. The summed E-state index contributed by atoms with van der Waals surface area (Å²) in [7, 11) is 1.55. The van der Waals surface area contributed by atoms with Gasteiger partial charge in [0.2, 0.25) is 0 Å². The predicted octanol–water partition coefficient (Wildman–Crippen LogP) is 3.44. The van der Waals surface area contributed by atoms with Crippen LogP contribution in [0.5, 0.6) is 0 Å². The van der Waals surface area contributed by atoms with Gasteiger partial charge < -0.3 is 10.1 Å². The maximum atomic E-state index is 13.1. The molecular formula is C13H17F3N2OS. The molecule has 0 saturated heterocycles. The van der Waals surface area contributed by atoms with Gasteiger partial charge >= 0.3 is 6.18 Å². The van der Waals surface area contributed by atoms with Crippen LogP contribution < -0.4 is 5.32 Å². The standard InChI is InChI=1S/C13H17F3N2OS/c1-19-12(5-2-6-12)11-18-10(13(14,15)16)9(20-11)7-17-8-3-4-8/h8,17H,2-7H2,1H3. The van der Waals surface area contributed by atoms with Crippen molar-refractivity contribution in [2.45, 2.75) is 56.5 Å². The molecule has 1 N–H and O–H groups in total. The number of nitrogens with one attached hydrogen (secondary N) is 1. The van der Waals surface area contributed by atoms with Crippen LogP contribution in [0.15, 0.2) is 0 Å². The normalized spacial score (nSPS) is 21.8. The molecule has 3 nitrogen and oxygen atoms in total. The summed E-state index contributed by atoms with van der Waals surface area (Å²) in [6.07, 6.45) is 0.191. The minimum absolute atomic E-state index is 0.247. The Morgan fingerprint density at radius 3 is 2.55 bits per heavy atom. The minimum Gasteiger partial charge on any atom is -0.371 e. The Morgan fingerprint density at radius 2 is 2.10 bits per heavy atom. The highest BCUT2D eigenvalue weighted by Crippen LogP contribution is 2.48. The number of thiazole rings is 1. The maximum absolute atomic E-state index is 13.1. The lowest BCUT2D eigenvalue weighted by Crippen LogP contribution is -2.36. The van der Waals surface area contributed by atoms with Crippen LogP contribution >= 0.6 is 11.3 Å². The summed E-state index contributed by atoms with van der Waals surface area (Å²) in [5.74, 6) is 0. The molecule has 1 aromatic rings. The van der Waals surface area contributed by atoms with Gasteiger partial charge in [-0.1, -0.05) is 0 Å². The van der Waals surface area contributed by atoms with Crippen molar-refractivity contribution >= 4 is 11.3 Å². The molecule has 112 valence electrons. The van der Waals surface area contributed by atoms with Crippen LogP contribution in [-0.4, -0.2) is 18.1 Å². The number of alkyl halides is 3. The molecule has 1 heterocycles. The number of rotatable bonds is 5. The average molecular weight is 306 g/mol. The summed E-state index contributed by atoms with van der Waals surface area (Å²) in [6, 6.07) is 0.377. The number of aromatic nitrogens is 1. The molecule has 20 heavy (non-hydrogen) atoms. The second-order valence-corrected chi connectivity index (χ2v) is 6.58. The molecule has 0 radical (unpaired) electrons. The van der Waals surface area contributed by atoms with Crippen molar-refractivity contribution in [1.29, 1.82) is 0 Å². The quantitative estimate of drug-likeness (QED) is 0.905. The lowest BCUT2D eigenvalue weighted by atomic mass is 9.80. The van der Waals surface area contributed by atoms with Gasteiger partial charge in [-0.3, -0.25) is 0 Å². The molecule has 0 amide bonds. The minimum atomic E-state index is -4.39. The fourth-order valence-corrected chi connectivity index (χ4v) is 3.67. The van der Waals surface area contributed by atoms with E-state index in [1.807, 2.05) is 0 Å². The van der Waals surface area contributed by atoms with Gasteiger partial charge in [0, 0.05) is 19.7 Å². The molecule has 0 unspecified atom stereocenters. The Hall–Kier alpha value is -0.660. The van der Waals surface area contributed by atoms with E-state index < -0.39 is 17.5 Å². The van der Waals surface area contributed by atoms with Crippen molar-refractivity contribution in [2.75, 3.05) is 7.11 Å². The lowest BCUT2D eigenvalue weighted by Gasteiger charge is -2.38. The third-order valence-electron chi connectivity index (χ3n) is 4.04. The highest BCUT2D eigenvalue weighted by Gasteiger charge is 2.45. The van der Waals surface area contributed by atoms with Crippen molar-refractivity contribution in [3.05, 3.63) is 15.6 Å². The molecule has 0 atom stereocenters. The molecule has 2 fully saturated rings. The van der Waals surface area contributed by atoms with Crippen molar-refractivity contribution in [3.8, 4) is 0 Å². The molecule has 2 aliphatic rings. The fourth-order valence-electron chi connectivity index (χ4n) is 2.42. The highest BCUT2D eigenvalue weighted by molar-refractivity contribution is 7.11.